The van der Waals surface area contributed by atoms with Gasteiger partial charge in [0.05, 0.1) is 9.89 Å². The number of carbonyl (C=O) groups is 1. The Kier molecular flexibility index (Phi) is 4.23. The fraction of sp³-hybridized carbons (Fsp3) is 0.188. The monoisotopic (exact) mass is 335 g/mol. The highest BCUT2D eigenvalue weighted by Crippen LogP contribution is 2.26. The number of amides is 1. The highest BCUT2D eigenvalue weighted by Gasteiger charge is 2.29. The number of nitrogens with one attached hydrogen (secondary N) is 1. The van der Waals surface area contributed by atoms with Gasteiger partial charge in [-0.3, -0.25) is 4.79 Å². The third-order valence-corrected chi connectivity index (χ3v) is 3.85. The molecule has 20 heavy (non-hydrogen) atoms. The Bertz CT molecular complexity index is 626. The molecule has 2 aromatic rings. The van der Waals surface area contributed by atoms with Gasteiger partial charge in [-0.15, -0.1) is 0 Å². The zero-order chi connectivity index (χ0) is 14.8. The van der Waals surface area contributed by atoms with E-state index in [9.17, 15) is 9.18 Å². The van der Waals surface area contributed by atoms with Crippen molar-refractivity contribution in [2.75, 3.05) is 5.32 Å². The Morgan fingerprint density at radius 3 is 2.40 bits per heavy atom. The first-order valence-electron chi connectivity index (χ1n) is 6.23. The van der Waals surface area contributed by atoms with Gasteiger partial charge in [-0.2, -0.15) is 0 Å². The molecule has 0 fully saturated rings. The summed E-state index contributed by atoms with van der Waals surface area (Å²) < 4.78 is 13.5. The van der Waals surface area contributed by atoms with Crippen molar-refractivity contribution in [1.29, 1.82) is 0 Å². The van der Waals surface area contributed by atoms with Crippen LogP contribution in [-0.4, -0.2) is 5.91 Å². The highest BCUT2D eigenvalue weighted by atomic mass is 79.9. The molecule has 2 aromatic carbocycles. The summed E-state index contributed by atoms with van der Waals surface area (Å²) in [5, 5.41) is 2.81. The summed E-state index contributed by atoms with van der Waals surface area (Å²) in [6.07, 6.45) is 0. The van der Waals surface area contributed by atoms with Crippen LogP contribution >= 0.6 is 15.9 Å². The predicted molar refractivity (Wildman–Crippen MR) is 82.2 cm³/mol. The Morgan fingerprint density at radius 1 is 1.15 bits per heavy atom. The van der Waals surface area contributed by atoms with Crippen molar-refractivity contribution in [2.24, 2.45) is 0 Å². The second-order valence-corrected chi connectivity index (χ2v) is 5.93. The number of halogens is 2. The fourth-order valence-electron chi connectivity index (χ4n) is 1.85. The molecule has 0 aliphatic heterocycles. The summed E-state index contributed by atoms with van der Waals surface area (Å²) >= 11 is 3.11. The van der Waals surface area contributed by atoms with E-state index < -0.39 is 5.41 Å². The van der Waals surface area contributed by atoms with Crippen molar-refractivity contribution >= 4 is 27.5 Å². The maximum absolute atomic E-state index is 13.2. The predicted octanol–water partition coefficient (Wildman–Crippen LogP) is 4.50. The first kappa shape index (κ1) is 14.7. The molecule has 0 unspecified atom stereocenters. The van der Waals surface area contributed by atoms with E-state index in [4.69, 9.17) is 0 Å². The number of rotatable bonds is 3. The van der Waals surface area contributed by atoms with Crippen LogP contribution in [0.1, 0.15) is 19.4 Å². The van der Waals surface area contributed by atoms with Crippen molar-refractivity contribution in [3.63, 3.8) is 0 Å². The van der Waals surface area contributed by atoms with Crippen molar-refractivity contribution in [1.82, 2.24) is 0 Å². The summed E-state index contributed by atoms with van der Waals surface area (Å²) in [4.78, 5) is 12.4. The van der Waals surface area contributed by atoms with Crippen LogP contribution in [0.5, 0.6) is 0 Å². The minimum Gasteiger partial charge on any atom is -0.325 e. The van der Waals surface area contributed by atoms with Crippen LogP contribution in [0.2, 0.25) is 0 Å². The van der Waals surface area contributed by atoms with Crippen LogP contribution in [0.3, 0.4) is 0 Å². The van der Waals surface area contributed by atoms with E-state index in [0.717, 1.165) is 5.56 Å². The van der Waals surface area contributed by atoms with Crippen LogP contribution < -0.4 is 5.32 Å². The van der Waals surface area contributed by atoms with E-state index >= 15 is 0 Å². The molecular formula is C16H15BrFNO. The summed E-state index contributed by atoms with van der Waals surface area (Å²) in [5.41, 5.74) is 0.827. The molecule has 2 rings (SSSR count). The second-order valence-electron chi connectivity index (χ2n) is 5.07. The molecule has 2 nitrogen and oxygen atoms in total. The lowest BCUT2D eigenvalue weighted by Crippen LogP contribution is -2.34. The van der Waals surface area contributed by atoms with Crippen molar-refractivity contribution in [2.45, 2.75) is 19.3 Å². The minimum atomic E-state index is -0.665. The SMILES string of the molecule is CC(C)(C(=O)Nc1ccc(F)c(Br)c1)c1ccccc1. The normalized spacial score (nSPS) is 11.2. The van der Waals surface area contributed by atoms with Crippen LogP contribution in [0.25, 0.3) is 0 Å². The van der Waals surface area contributed by atoms with Crippen molar-refractivity contribution in [3.8, 4) is 0 Å². The average Bonchev–Trinajstić information content (AvgIpc) is 2.44. The molecule has 1 N–H and O–H groups in total. The molecule has 0 saturated heterocycles. The lowest BCUT2D eigenvalue weighted by molar-refractivity contribution is -0.120. The Morgan fingerprint density at radius 2 is 1.80 bits per heavy atom. The van der Waals surface area contributed by atoms with Crippen LogP contribution in [-0.2, 0) is 10.2 Å². The van der Waals surface area contributed by atoms with Gasteiger partial charge in [0.25, 0.3) is 0 Å². The molecule has 0 aromatic heterocycles. The van der Waals surface area contributed by atoms with Crippen molar-refractivity contribution < 1.29 is 9.18 Å². The van der Waals surface area contributed by atoms with Gasteiger partial charge in [0.1, 0.15) is 5.82 Å². The molecule has 0 aliphatic carbocycles. The molecule has 1 amide bonds. The van der Waals surface area contributed by atoms with E-state index in [1.165, 1.54) is 6.07 Å². The van der Waals surface area contributed by atoms with E-state index in [2.05, 4.69) is 21.2 Å². The molecule has 0 atom stereocenters. The molecule has 104 valence electrons. The van der Waals surface area contributed by atoms with Gasteiger partial charge in [-0.05, 0) is 53.5 Å². The highest BCUT2D eigenvalue weighted by molar-refractivity contribution is 9.10. The molecule has 0 spiro atoms. The van der Waals surface area contributed by atoms with Crippen molar-refractivity contribution in [3.05, 3.63) is 64.4 Å². The standard InChI is InChI=1S/C16H15BrFNO/c1-16(2,11-6-4-3-5-7-11)15(20)19-12-8-9-14(18)13(17)10-12/h3-10H,1-2H3,(H,19,20). The summed E-state index contributed by atoms with van der Waals surface area (Å²) in [7, 11) is 0. The maximum Gasteiger partial charge on any atom is 0.234 e. The largest absolute Gasteiger partial charge is 0.325 e. The smallest absolute Gasteiger partial charge is 0.234 e. The van der Waals surface area contributed by atoms with Gasteiger partial charge < -0.3 is 5.32 Å². The van der Waals surface area contributed by atoms with Crippen LogP contribution in [0, 0.1) is 5.82 Å². The third-order valence-electron chi connectivity index (χ3n) is 3.24. The van der Waals surface area contributed by atoms with Gasteiger partial charge >= 0.3 is 0 Å². The zero-order valence-corrected chi connectivity index (χ0v) is 12.9. The molecule has 0 aliphatic rings. The topological polar surface area (TPSA) is 29.1 Å². The maximum atomic E-state index is 13.2. The summed E-state index contributed by atoms with van der Waals surface area (Å²) in [6, 6.07) is 14.0. The molecule has 0 radical (unpaired) electrons. The minimum absolute atomic E-state index is 0.137. The van der Waals surface area contributed by atoms with Gasteiger partial charge in [-0.1, -0.05) is 30.3 Å². The first-order valence-corrected chi connectivity index (χ1v) is 7.02. The first-order chi connectivity index (χ1) is 9.41. The molecule has 0 bridgehead atoms. The van der Waals surface area contributed by atoms with Gasteiger partial charge in [-0.25, -0.2) is 4.39 Å². The van der Waals surface area contributed by atoms with E-state index in [-0.39, 0.29) is 11.7 Å². The molecule has 0 saturated carbocycles. The Balaban J connectivity index is 2.21. The number of hydrogen-bond donors (Lipinski definition) is 1. The number of carbonyl (C=O) groups excluding carboxylic acids is 1. The van der Waals surface area contributed by atoms with Gasteiger partial charge in [0.2, 0.25) is 5.91 Å². The fourth-order valence-corrected chi connectivity index (χ4v) is 2.23. The third kappa shape index (κ3) is 3.07. The van der Waals surface area contributed by atoms with Gasteiger partial charge in [0.15, 0.2) is 0 Å². The number of hydrogen-bond acceptors (Lipinski definition) is 1. The number of anilines is 1. The van der Waals surface area contributed by atoms with Crippen LogP contribution in [0.4, 0.5) is 10.1 Å². The van der Waals surface area contributed by atoms with Crippen LogP contribution in [0.15, 0.2) is 53.0 Å². The zero-order valence-electron chi connectivity index (χ0n) is 11.3. The quantitative estimate of drug-likeness (QED) is 0.878. The van der Waals surface area contributed by atoms with E-state index in [1.54, 1.807) is 12.1 Å². The summed E-state index contributed by atoms with van der Waals surface area (Å²) in [6.45, 7) is 3.71. The molecular weight excluding hydrogens is 321 g/mol. The second kappa shape index (κ2) is 5.75. The molecule has 4 heteroatoms. The van der Waals surface area contributed by atoms with E-state index in [1.807, 2.05) is 44.2 Å². The average molecular weight is 336 g/mol. The van der Waals surface area contributed by atoms with E-state index in [0.29, 0.717) is 10.2 Å². The molecule has 0 heterocycles. The lowest BCUT2D eigenvalue weighted by Gasteiger charge is -2.24. The Labute approximate surface area is 126 Å². The van der Waals surface area contributed by atoms with Gasteiger partial charge in [0, 0.05) is 5.69 Å². The number of benzene rings is 2. The Hall–Kier alpha value is -1.68. The lowest BCUT2D eigenvalue weighted by atomic mass is 9.83. The summed E-state index contributed by atoms with van der Waals surface area (Å²) in [5.74, 6) is -0.493.